The molecule has 1 fully saturated rings. The molecular weight excluding hydrogens is 352 g/mol. The van der Waals surface area contributed by atoms with Crippen molar-refractivity contribution in [3.63, 3.8) is 0 Å². The first-order chi connectivity index (χ1) is 13.6. The fraction of sp³-hybridized carbons (Fsp3) is 0.364. The zero-order valence-corrected chi connectivity index (χ0v) is 16.3. The van der Waals surface area contributed by atoms with Crippen LogP contribution in [0, 0.1) is 5.92 Å². The summed E-state index contributed by atoms with van der Waals surface area (Å²) in [6, 6.07) is 17.4. The lowest BCUT2D eigenvalue weighted by molar-refractivity contribution is -0.114. The van der Waals surface area contributed by atoms with E-state index < -0.39 is 0 Å². The molecular formula is C22H28N4O2. The molecule has 0 unspecified atom stereocenters. The second-order valence-electron chi connectivity index (χ2n) is 7.31. The number of hydrogen-bond acceptors (Lipinski definition) is 3. The van der Waals surface area contributed by atoms with Gasteiger partial charge in [0.05, 0.1) is 0 Å². The molecule has 0 aliphatic carbocycles. The monoisotopic (exact) mass is 380 g/mol. The van der Waals surface area contributed by atoms with Gasteiger partial charge in [0.1, 0.15) is 0 Å². The van der Waals surface area contributed by atoms with Crippen LogP contribution in [0.5, 0.6) is 0 Å². The summed E-state index contributed by atoms with van der Waals surface area (Å²) in [5.41, 5.74) is 2.66. The number of anilines is 2. The van der Waals surface area contributed by atoms with E-state index in [0.29, 0.717) is 23.8 Å². The third-order valence-corrected chi connectivity index (χ3v) is 4.90. The quantitative estimate of drug-likeness (QED) is 0.686. The molecule has 3 N–H and O–H groups in total. The van der Waals surface area contributed by atoms with E-state index in [0.717, 1.165) is 26.1 Å². The van der Waals surface area contributed by atoms with Crippen LogP contribution in [0.25, 0.3) is 0 Å². The highest BCUT2D eigenvalue weighted by atomic mass is 16.2. The molecule has 1 atom stereocenters. The molecule has 6 heteroatoms. The maximum atomic E-state index is 12.1. The standard InChI is InChI=1S/C22H28N4O2/c1-17(27)24-20-8-5-9-21(14-20)25-22(28)23-12-10-19-11-13-26(16-19)15-18-6-3-2-4-7-18/h2-9,14,19H,10-13,15-16H2,1H3,(H,24,27)(H2,23,25,28)/t19-/m0/s1. The molecule has 1 heterocycles. The van der Waals surface area contributed by atoms with Crippen LogP contribution in [0.2, 0.25) is 0 Å². The number of carbonyl (C=O) groups excluding carboxylic acids is 2. The van der Waals surface area contributed by atoms with Crippen molar-refractivity contribution in [2.75, 3.05) is 30.3 Å². The molecule has 0 spiro atoms. The first-order valence-corrected chi connectivity index (χ1v) is 9.77. The lowest BCUT2D eigenvalue weighted by atomic mass is 10.1. The summed E-state index contributed by atoms with van der Waals surface area (Å²) < 4.78 is 0. The molecule has 0 radical (unpaired) electrons. The Labute approximate surface area is 166 Å². The fourth-order valence-corrected chi connectivity index (χ4v) is 3.58. The molecule has 1 aliphatic rings. The maximum absolute atomic E-state index is 12.1. The molecule has 3 amide bonds. The van der Waals surface area contributed by atoms with Crippen LogP contribution < -0.4 is 16.0 Å². The number of nitrogens with one attached hydrogen (secondary N) is 3. The van der Waals surface area contributed by atoms with E-state index in [9.17, 15) is 9.59 Å². The fourth-order valence-electron chi connectivity index (χ4n) is 3.58. The third-order valence-electron chi connectivity index (χ3n) is 4.90. The van der Waals surface area contributed by atoms with Crippen LogP contribution in [0.1, 0.15) is 25.3 Å². The average molecular weight is 380 g/mol. The van der Waals surface area contributed by atoms with Crippen molar-refractivity contribution in [2.45, 2.75) is 26.3 Å². The van der Waals surface area contributed by atoms with Gasteiger partial charge in [-0.1, -0.05) is 36.4 Å². The molecule has 3 rings (SSSR count). The van der Waals surface area contributed by atoms with Crippen molar-refractivity contribution >= 4 is 23.3 Å². The Morgan fingerprint density at radius 3 is 2.54 bits per heavy atom. The number of urea groups is 1. The number of benzene rings is 2. The summed E-state index contributed by atoms with van der Waals surface area (Å²) in [4.78, 5) is 25.7. The zero-order chi connectivity index (χ0) is 19.8. The largest absolute Gasteiger partial charge is 0.338 e. The summed E-state index contributed by atoms with van der Waals surface area (Å²) in [6.45, 7) is 5.30. The number of hydrogen-bond donors (Lipinski definition) is 3. The Kier molecular flexibility index (Phi) is 7.03. The summed E-state index contributed by atoms with van der Waals surface area (Å²) in [5, 5.41) is 8.44. The second-order valence-corrected chi connectivity index (χ2v) is 7.31. The summed E-state index contributed by atoms with van der Waals surface area (Å²) in [7, 11) is 0. The van der Waals surface area contributed by atoms with Gasteiger partial charge in [-0.3, -0.25) is 9.69 Å². The molecule has 1 saturated heterocycles. The lowest BCUT2D eigenvalue weighted by Gasteiger charge is -2.16. The molecule has 28 heavy (non-hydrogen) atoms. The molecule has 0 bridgehead atoms. The molecule has 148 valence electrons. The van der Waals surface area contributed by atoms with Gasteiger partial charge in [0.25, 0.3) is 0 Å². The molecule has 6 nitrogen and oxygen atoms in total. The van der Waals surface area contributed by atoms with E-state index in [1.807, 2.05) is 6.07 Å². The summed E-state index contributed by atoms with van der Waals surface area (Å²) in [5.74, 6) is 0.478. The van der Waals surface area contributed by atoms with Crippen molar-refractivity contribution in [3.05, 3.63) is 60.2 Å². The van der Waals surface area contributed by atoms with Crippen LogP contribution >= 0.6 is 0 Å². The average Bonchev–Trinajstić information content (AvgIpc) is 3.09. The number of amides is 3. The zero-order valence-electron chi connectivity index (χ0n) is 16.3. The molecule has 1 aliphatic heterocycles. The van der Waals surface area contributed by atoms with Crippen LogP contribution in [0.15, 0.2) is 54.6 Å². The van der Waals surface area contributed by atoms with E-state index >= 15 is 0 Å². The van der Waals surface area contributed by atoms with Crippen LogP contribution in [0.3, 0.4) is 0 Å². The predicted molar refractivity (Wildman–Crippen MR) is 112 cm³/mol. The number of carbonyl (C=O) groups is 2. The normalized spacial score (nSPS) is 16.5. The lowest BCUT2D eigenvalue weighted by Crippen LogP contribution is -2.31. The Balaban J connectivity index is 1.36. The Hall–Kier alpha value is -2.86. The highest BCUT2D eigenvalue weighted by molar-refractivity contribution is 5.92. The Morgan fingerprint density at radius 2 is 1.79 bits per heavy atom. The smallest absolute Gasteiger partial charge is 0.319 e. The minimum absolute atomic E-state index is 0.139. The van der Waals surface area contributed by atoms with Gasteiger partial charge < -0.3 is 16.0 Å². The SMILES string of the molecule is CC(=O)Nc1cccc(NC(=O)NCC[C@H]2CCN(Cc3ccccc3)C2)c1. The highest BCUT2D eigenvalue weighted by Crippen LogP contribution is 2.21. The van der Waals surface area contributed by atoms with Crippen molar-refractivity contribution in [1.29, 1.82) is 0 Å². The first kappa shape index (κ1) is 19.9. The van der Waals surface area contributed by atoms with Gasteiger partial charge in [0, 0.05) is 37.9 Å². The Bertz CT molecular complexity index is 794. The third kappa shape index (κ3) is 6.39. The molecule has 2 aromatic rings. The van der Waals surface area contributed by atoms with E-state index in [1.54, 1.807) is 24.3 Å². The van der Waals surface area contributed by atoms with E-state index in [2.05, 4.69) is 45.1 Å². The van der Waals surface area contributed by atoms with Crippen LogP contribution in [-0.4, -0.2) is 36.5 Å². The van der Waals surface area contributed by atoms with E-state index in [4.69, 9.17) is 0 Å². The van der Waals surface area contributed by atoms with Crippen molar-refractivity contribution < 1.29 is 9.59 Å². The molecule has 0 aromatic heterocycles. The van der Waals surface area contributed by atoms with Gasteiger partial charge >= 0.3 is 6.03 Å². The van der Waals surface area contributed by atoms with Crippen molar-refractivity contribution in [1.82, 2.24) is 10.2 Å². The van der Waals surface area contributed by atoms with E-state index in [-0.39, 0.29) is 11.9 Å². The second kappa shape index (κ2) is 9.90. The minimum atomic E-state index is -0.223. The molecule has 2 aromatic carbocycles. The van der Waals surface area contributed by atoms with Gasteiger partial charge in [-0.15, -0.1) is 0 Å². The predicted octanol–water partition coefficient (Wildman–Crippen LogP) is 3.68. The Morgan fingerprint density at radius 1 is 1.04 bits per heavy atom. The van der Waals surface area contributed by atoms with Crippen LogP contribution in [-0.2, 0) is 11.3 Å². The first-order valence-electron chi connectivity index (χ1n) is 9.77. The van der Waals surface area contributed by atoms with Gasteiger partial charge in [0.2, 0.25) is 5.91 Å². The van der Waals surface area contributed by atoms with E-state index in [1.165, 1.54) is 18.9 Å². The van der Waals surface area contributed by atoms with Crippen LogP contribution in [0.4, 0.5) is 16.2 Å². The number of likely N-dealkylation sites (tertiary alicyclic amines) is 1. The summed E-state index contributed by atoms with van der Waals surface area (Å²) in [6.07, 6.45) is 2.15. The van der Waals surface area contributed by atoms with Crippen molar-refractivity contribution in [3.8, 4) is 0 Å². The highest BCUT2D eigenvalue weighted by Gasteiger charge is 2.22. The number of rotatable bonds is 7. The number of nitrogens with zero attached hydrogens (tertiary/aromatic N) is 1. The van der Waals surface area contributed by atoms with Gasteiger partial charge in [-0.25, -0.2) is 4.79 Å². The van der Waals surface area contributed by atoms with Gasteiger partial charge in [0.15, 0.2) is 0 Å². The topological polar surface area (TPSA) is 73.5 Å². The summed E-state index contributed by atoms with van der Waals surface area (Å²) >= 11 is 0. The van der Waals surface area contributed by atoms with Crippen molar-refractivity contribution in [2.24, 2.45) is 5.92 Å². The van der Waals surface area contributed by atoms with Gasteiger partial charge in [-0.2, -0.15) is 0 Å². The minimum Gasteiger partial charge on any atom is -0.338 e. The van der Waals surface area contributed by atoms with Gasteiger partial charge in [-0.05, 0) is 49.1 Å². The maximum Gasteiger partial charge on any atom is 0.319 e. The molecule has 0 saturated carbocycles.